The zero-order valence-corrected chi connectivity index (χ0v) is 22.8. The van der Waals surface area contributed by atoms with Gasteiger partial charge in [0.1, 0.15) is 0 Å². The van der Waals surface area contributed by atoms with Crippen LogP contribution in [0.3, 0.4) is 0 Å². The minimum atomic E-state index is 1.17. The highest BCUT2D eigenvalue weighted by atomic mass is 15.0. The molecule has 2 aromatic heterocycles. The molecule has 0 atom stereocenters. The van der Waals surface area contributed by atoms with E-state index in [1.807, 2.05) is 0 Å². The van der Waals surface area contributed by atoms with Crippen molar-refractivity contribution >= 4 is 54.4 Å². The normalized spacial score (nSPS) is 12.3. The molecular weight excluding hydrogens is 508 g/mol. The molecule has 2 heterocycles. The molecule has 0 saturated heterocycles. The molecule has 0 aliphatic heterocycles. The van der Waals surface area contributed by atoms with Gasteiger partial charge in [-0.3, -0.25) is 0 Å². The predicted molar refractivity (Wildman–Crippen MR) is 177 cm³/mol. The van der Waals surface area contributed by atoms with Crippen LogP contribution in [-0.2, 0) is 0 Å². The Balaban J connectivity index is 1.31. The van der Waals surface area contributed by atoms with Gasteiger partial charge in [0, 0.05) is 32.9 Å². The van der Waals surface area contributed by atoms with E-state index in [0.717, 1.165) is 0 Å². The van der Waals surface area contributed by atoms with Gasteiger partial charge >= 0.3 is 0 Å². The van der Waals surface area contributed by atoms with Gasteiger partial charge < -0.3 is 9.13 Å². The summed E-state index contributed by atoms with van der Waals surface area (Å²) in [6.45, 7) is 0. The first-order chi connectivity index (χ1) is 20.8. The smallest absolute Gasteiger partial charge is 0.0561 e. The van der Waals surface area contributed by atoms with Crippen molar-refractivity contribution in [2.24, 2.45) is 0 Å². The number of aromatic nitrogens is 2. The second-order valence-corrected chi connectivity index (χ2v) is 11.4. The van der Waals surface area contributed by atoms with Crippen molar-refractivity contribution in [3.05, 3.63) is 146 Å². The number of hydrogen-bond donors (Lipinski definition) is 0. The third kappa shape index (κ3) is 2.78. The lowest BCUT2D eigenvalue weighted by atomic mass is 10.0. The predicted octanol–water partition coefficient (Wildman–Crippen LogP) is 10.7. The van der Waals surface area contributed by atoms with Gasteiger partial charge in [-0.15, -0.1) is 0 Å². The van der Waals surface area contributed by atoms with E-state index >= 15 is 0 Å². The number of para-hydroxylation sites is 3. The van der Waals surface area contributed by atoms with Gasteiger partial charge in [-0.2, -0.15) is 0 Å². The lowest BCUT2D eigenvalue weighted by molar-refractivity contribution is 1.16. The lowest BCUT2D eigenvalue weighted by Crippen LogP contribution is -1.97. The van der Waals surface area contributed by atoms with Crippen LogP contribution in [0.2, 0.25) is 0 Å². The molecule has 1 aliphatic rings. The summed E-state index contributed by atoms with van der Waals surface area (Å²) in [5, 5.41) is 7.73. The van der Waals surface area contributed by atoms with Crippen molar-refractivity contribution in [1.82, 2.24) is 9.13 Å². The second-order valence-electron chi connectivity index (χ2n) is 11.4. The van der Waals surface area contributed by atoms with Crippen LogP contribution in [-0.4, -0.2) is 9.13 Å². The van der Waals surface area contributed by atoms with Gasteiger partial charge in [0.05, 0.1) is 22.1 Å². The third-order valence-corrected chi connectivity index (χ3v) is 9.22. The summed E-state index contributed by atoms with van der Waals surface area (Å²) in [6, 6.07) is 53.5. The maximum Gasteiger partial charge on any atom is 0.0561 e. The van der Waals surface area contributed by atoms with Gasteiger partial charge in [-0.1, -0.05) is 103 Å². The Morgan fingerprint density at radius 2 is 0.833 bits per heavy atom. The number of fused-ring (bicyclic) bond motifs is 9. The molecule has 7 aromatic carbocycles. The van der Waals surface area contributed by atoms with Gasteiger partial charge in [0.2, 0.25) is 0 Å². The van der Waals surface area contributed by atoms with Crippen LogP contribution in [0.25, 0.3) is 88.0 Å². The van der Waals surface area contributed by atoms with Crippen molar-refractivity contribution in [3.8, 4) is 33.6 Å². The highest BCUT2D eigenvalue weighted by molar-refractivity contribution is 6.17. The highest BCUT2D eigenvalue weighted by Gasteiger charge is 2.23. The van der Waals surface area contributed by atoms with Gasteiger partial charge in [-0.25, -0.2) is 0 Å². The van der Waals surface area contributed by atoms with Crippen LogP contribution in [0.5, 0.6) is 0 Å². The van der Waals surface area contributed by atoms with Gasteiger partial charge in [0.25, 0.3) is 0 Å². The standard InChI is InChI=1S/C40H24N2/c1-2-12-29-28(11-1)34-16-9-10-25-22-27(23-35(29)40(25)34)42-38-19-8-5-15-32(38)33-21-20-26(24-39(33)42)41-36-17-6-3-13-30(36)31-14-4-7-18-37(31)41/h1-24H. The van der Waals surface area contributed by atoms with Crippen LogP contribution in [0.4, 0.5) is 0 Å². The maximum atomic E-state index is 2.46. The van der Waals surface area contributed by atoms with Crippen LogP contribution in [0.15, 0.2) is 146 Å². The molecule has 0 N–H and O–H groups in total. The Morgan fingerprint density at radius 3 is 1.50 bits per heavy atom. The van der Waals surface area contributed by atoms with Crippen molar-refractivity contribution in [3.63, 3.8) is 0 Å². The van der Waals surface area contributed by atoms with E-state index in [1.54, 1.807) is 0 Å². The number of benzene rings is 7. The van der Waals surface area contributed by atoms with E-state index in [2.05, 4.69) is 155 Å². The van der Waals surface area contributed by atoms with Crippen molar-refractivity contribution in [1.29, 1.82) is 0 Å². The topological polar surface area (TPSA) is 9.86 Å². The first-order valence-electron chi connectivity index (χ1n) is 14.5. The third-order valence-electron chi connectivity index (χ3n) is 9.22. The molecule has 0 spiro atoms. The zero-order chi connectivity index (χ0) is 27.4. The SMILES string of the molecule is c1ccc2c(c1)-c1cccc3cc(-n4c5ccccc5c5ccc(-n6c7ccccc7c7ccccc76)cc54)cc-2c13. The molecule has 0 radical (unpaired) electrons. The molecular formula is C40H24N2. The van der Waals surface area contributed by atoms with E-state index in [-0.39, 0.29) is 0 Å². The molecule has 0 unspecified atom stereocenters. The molecule has 2 nitrogen and oxygen atoms in total. The van der Waals surface area contributed by atoms with E-state index < -0.39 is 0 Å². The van der Waals surface area contributed by atoms with Crippen LogP contribution < -0.4 is 0 Å². The fraction of sp³-hybridized carbons (Fsp3) is 0. The molecule has 9 aromatic rings. The Kier molecular flexibility index (Phi) is 4.21. The Morgan fingerprint density at radius 1 is 0.310 bits per heavy atom. The molecule has 42 heavy (non-hydrogen) atoms. The minimum absolute atomic E-state index is 1.17. The fourth-order valence-electron chi connectivity index (χ4n) is 7.51. The average molecular weight is 533 g/mol. The minimum Gasteiger partial charge on any atom is -0.309 e. The van der Waals surface area contributed by atoms with Gasteiger partial charge in [0.15, 0.2) is 0 Å². The maximum absolute atomic E-state index is 2.46. The monoisotopic (exact) mass is 532 g/mol. The van der Waals surface area contributed by atoms with Crippen LogP contribution in [0.1, 0.15) is 0 Å². The summed E-state index contributed by atoms with van der Waals surface area (Å²) in [4.78, 5) is 0. The quantitative estimate of drug-likeness (QED) is 0.210. The summed E-state index contributed by atoms with van der Waals surface area (Å²) in [6.07, 6.45) is 0. The van der Waals surface area contributed by atoms with Crippen LogP contribution >= 0.6 is 0 Å². The van der Waals surface area contributed by atoms with Crippen molar-refractivity contribution in [2.75, 3.05) is 0 Å². The van der Waals surface area contributed by atoms with Crippen molar-refractivity contribution in [2.45, 2.75) is 0 Å². The summed E-state index contributed by atoms with van der Waals surface area (Å²) in [5.74, 6) is 0. The largest absolute Gasteiger partial charge is 0.309 e. The van der Waals surface area contributed by atoms with E-state index in [0.29, 0.717) is 0 Å². The number of nitrogens with zero attached hydrogens (tertiary/aromatic N) is 2. The molecule has 1 aliphatic carbocycles. The van der Waals surface area contributed by atoms with E-state index in [1.165, 1.54) is 88.0 Å². The van der Waals surface area contributed by atoms with E-state index in [4.69, 9.17) is 0 Å². The Hall–Kier alpha value is -5.60. The summed E-state index contributed by atoms with van der Waals surface area (Å²) < 4.78 is 4.88. The average Bonchev–Trinajstić information content (AvgIpc) is 3.68. The Bertz CT molecular complexity index is 2520. The summed E-state index contributed by atoms with van der Waals surface area (Å²) in [5.41, 5.74) is 12.5. The van der Waals surface area contributed by atoms with E-state index in [9.17, 15) is 0 Å². The van der Waals surface area contributed by atoms with Gasteiger partial charge in [-0.05, 0) is 75.5 Å². The van der Waals surface area contributed by atoms with Crippen LogP contribution in [0, 0.1) is 0 Å². The molecule has 0 amide bonds. The Labute approximate surface area is 242 Å². The first kappa shape index (κ1) is 22.1. The molecule has 10 rings (SSSR count). The molecule has 0 saturated carbocycles. The number of hydrogen-bond acceptors (Lipinski definition) is 0. The lowest BCUT2D eigenvalue weighted by Gasteiger charge is -2.13. The molecule has 2 heteroatoms. The summed E-state index contributed by atoms with van der Waals surface area (Å²) >= 11 is 0. The number of rotatable bonds is 2. The summed E-state index contributed by atoms with van der Waals surface area (Å²) in [7, 11) is 0. The fourth-order valence-corrected chi connectivity index (χ4v) is 7.51. The molecule has 0 fully saturated rings. The molecule has 0 bridgehead atoms. The first-order valence-corrected chi connectivity index (χ1v) is 14.5. The molecule has 194 valence electrons. The highest BCUT2D eigenvalue weighted by Crippen LogP contribution is 2.48. The second kappa shape index (κ2) is 7.99. The zero-order valence-electron chi connectivity index (χ0n) is 22.8. The van der Waals surface area contributed by atoms with Crippen molar-refractivity contribution < 1.29 is 0 Å².